The molecule has 1 heterocycles. The van der Waals surface area contributed by atoms with Crippen molar-refractivity contribution in [3.05, 3.63) is 71.3 Å². The van der Waals surface area contributed by atoms with E-state index in [4.69, 9.17) is 14.2 Å². The molecule has 1 N–H and O–H groups in total. The summed E-state index contributed by atoms with van der Waals surface area (Å²) in [5.41, 5.74) is 2.70. The summed E-state index contributed by atoms with van der Waals surface area (Å²) in [5, 5.41) is 11.9. The van der Waals surface area contributed by atoms with Gasteiger partial charge in [0, 0.05) is 18.5 Å². The molecule has 2 aliphatic rings. The average molecular weight is 592 g/mol. The van der Waals surface area contributed by atoms with Crippen LogP contribution in [0.25, 0.3) is 0 Å². The van der Waals surface area contributed by atoms with E-state index in [1.807, 2.05) is 25.1 Å². The number of hydrogen-bond acceptors (Lipinski definition) is 7. The Hall–Kier alpha value is -3.32. The van der Waals surface area contributed by atoms with Gasteiger partial charge in [-0.2, -0.15) is 0 Å². The summed E-state index contributed by atoms with van der Waals surface area (Å²) < 4.78 is 17.1. The monoisotopic (exact) mass is 591 g/mol. The van der Waals surface area contributed by atoms with Gasteiger partial charge in [-0.3, -0.25) is 4.79 Å². The van der Waals surface area contributed by atoms with E-state index >= 15 is 0 Å². The second kappa shape index (κ2) is 14.4. The Balaban J connectivity index is 1.74. The maximum Gasteiger partial charge on any atom is 0.343 e. The van der Waals surface area contributed by atoms with E-state index in [1.54, 1.807) is 6.07 Å². The van der Waals surface area contributed by atoms with Crippen LogP contribution in [0.4, 0.5) is 5.69 Å². The third-order valence-corrected chi connectivity index (χ3v) is 9.23. The van der Waals surface area contributed by atoms with Gasteiger partial charge in [0.15, 0.2) is 0 Å². The topological polar surface area (TPSA) is 85.3 Å². The summed E-state index contributed by atoms with van der Waals surface area (Å²) in [4.78, 5) is 28.5. The van der Waals surface area contributed by atoms with Crippen LogP contribution in [-0.2, 0) is 36.5 Å². The molecule has 0 bridgehead atoms. The zero-order valence-corrected chi connectivity index (χ0v) is 26.5. The number of nitrogens with zero attached hydrogens (tertiary/aromatic N) is 1. The lowest BCUT2D eigenvalue weighted by atomic mass is 9.69. The Labute approximate surface area is 257 Å². The van der Waals surface area contributed by atoms with Crippen molar-refractivity contribution in [1.29, 1.82) is 0 Å². The lowest BCUT2D eigenvalue weighted by molar-refractivity contribution is -0.180. The van der Waals surface area contributed by atoms with Crippen molar-refractivity contribution in [2.45, 2.75) is 89.6 Å². The molecule has 0 saturated heterocycles. The molecule has 1 aliphatic heterocycles. The van der Waals surface area contributed by atoms with E-state index in [-0.39, 0.29) is 17.6 Å². The number of carbonyl (C=O) groups excluding carboxylic acids is 2. The van der Waals surface area contributed by atoms with Crippen LogP contribution in [0.2, 0.25) is 0 Å². The van der Waals surface area contributed by atoms with Gasteiger partial charge in [0.05, 0.1) is 31.9 Å². The number of methoxy groups -OCH3 is 1. The molecular formula is C36H49NO6. The molecule has 0 fully saturated rings. The molecule has 2 aromatic rings. The van der Waals surface area contributed by atoms with Crippen LogP contribution >= 0.6 is 0 Å². The fourth-order valence-corrected chi connectivity index (χ4v) is 6.63. The molecule has 1 aliphatic carbocycles. The summed E-state index contributed by atoms with van der Waals surface area (Å²) in [6.07, 6.45) is 10.8. The van der Waals surface area contributed by atoms with Crippen LogP contribution in [-0.4, -0.2) is 50.5 Å². The first-order chi connectivity index (χ1) is 20.7. The minimum atomic E-state index is -2.22. The quantitative estimate of drug-likeness (QED) is 0.161. The van der Waals surface area contributed by atoms with Crippen molar-refractivity contribution in [2.24, 2.45) is 5.92 Å². The minimum absolute atomic E-state index is 0.184. The van der Waals surface area contributed by atoms with Gasteiger partial charge in [-0.25, -0.2) is 4.79 Å². The highest BCUT2D eigenvalue weighted by atomic mass is 16.5. The highest BCUT2D eigenvalue weighted by Gasteiger charge is 2.50. The van der Waals surface area contributed by atoms with Gasteiger partial charge < -0.3 is 24.2 Å². The van der Waals surface area contributed by atoms with Gasteiger partial charge in [0.25, 0.3) is 0 Å². The number of benzene rings is 2. The van der Waals surface area contributed by atoms with E-state index in [9.17, 15) is 14.7 Å². The molecule has 7 heteroatoms. The van der Waals surface area contributed by atoms with Crippen molar-refractivity contribution < 1.29 is 28.9 Å². The molecule has 3 atom stereocenters. The Morgan fingerprint density at radius 3 is 2.74 bits per heavy atom. The smallest absolute Gasteiger partial charge is 0.343 e. The molecule has 0 saturated carbocycles. The number of allylic oxidation sites excluding steroid dienone is 1. The second-order valence-corrected chi connectivity index (χ2v) is 12.3. The van der Waals surface area contributed by atoms with Crippen LogP contribution in [0.15, 0.2) is 49.1 Å². The van der Waals surface area contributed by atoms with Crippen LogP contribution in [0.3, 0.4) is 0 Å². The number of anilines is 1. The van der Waals surface area contributed by atoms with Gasteiger partial charge in [-0.1, -0.05) is 55.7 Å². The highest BCUT2D eigenvalue weighted by Crippen LogP contribution is 2.45. The molecule has 2 aromatic carbocycles. The Bertz CT molecular complexity index is 1290. The number of unbranched alkanes of at least 4 members (excludes halogenated alkanes) is 4. The largest absolute Gasteiger partial charge is 0.490 e. The van der Waals surface area contributed by atoms with Crippen LogP contribution in [0, 0.1) is 12.8 Å². The first kappa shape index (κ1) is 32.6. The molecule has 1 spiro atoms. The molecule has 43 heavy (non-hydrogen) atoms. The summed E-state index contributed by atoms with van der Waals surface area (Å²) in [6, 6.07) is 12.1. The Kier molecular flexibility index (Phi) is 10.9. The Morgan fingerprint density at radius 2 is 2.00 bits per heavy atom. The molecular weight excluding hydrogens is 542 g/mol. The normalized spacial score (nSPS) is 19.7. The van der Waals surface area contributed by atoms with E-state index in [1.165, 1.54) is 30.7 Å². The van der Waals surface area contributed by atoms with Gasteiger partial charge in [-0.15, -0.1) is 6.58 Å². The zero-order chi connectivity index (χ0) is 31.0. The number of ether oxygens (including phenoxy) is 3. The van der Waals surface area contributed by atoms with Crippen molar-refractivity contribution in [2.75, 3.05) is 38.3 Å². The predicted molar refractivity (Wildman–Crippen MR) is 170 cm³/mol. The number of rotatable bonds is 13. The minimum Gasteiger partial charge on any atom is -0.490 e. The molecule has 234 valence electrons. The van der Waals surface area contributed by atoms with Crippen molar-refractivity contribution >= 4 is 17.6 Å². The van der Waals surface area contributed by atoms with Gasteiger partial charge >= 0.3 is 11.9 Å². The van der Waals surface area contributed by atoms with Crippen molar-refractivity contribution in [3.8, 4) is 5.75 Å². The number of aliphatic hydroxyl groups is 1. The summed E-state index contributed by atoms with van der Waals surface area (Å²) in [6.45, 7) is 11.8. The molecule has 7 nitrogen and oxygen atoms in total. The number of hydrogen-bond donors (Lipinski definition) is 1. The van der Waals surface area contributed by atoms with Gasteiger partial charge in [0.2, 0.25) is 5.60 Å². The second-order valence-electron chi connectivity index (χ2n) is 12.3. The highest BCUT2D eigenvalue weighted by molar-refractivity contribution is 5.89. The fourth-order valence-electron chi connectivity index (χ4n) is 6.63. The molecule has 0 amide bonds. The first-order valence-electron chi connectivity index (χ1n) is 15.9. The third kappa shape index (κ3) is 6.93. The van der Waals surface area contributed by atoms with E-state index < -0.39 is 23.5 Å². The summed E-state index contributed by atoms with van der Waals surface area (Å²) in [5.74, 6) is -2.00. The lowest BCUT2D eigenvalue weighted by Gasteiger charge is -2.41. The summed E-state index contributed by atoms with van der Waals surface area (Å²) in [7, 11) is 1.22. The van der Waals surface area contributed by atoms with Crippen molar-refractivity contribution in [3.63, 3.8) is 0 Å². The maximum atomic E-state index is 13.2. The van der Waals surface area contributed by atoms with E-state index in [0.29, 0.717) is 18.8 Å². The van der Waals surface area contributed by atoms with Crippen LogP contribution in [0.1, 0.15) is 87.5 Å². The standard InChI is InChI=1S/C36H49NO6/c1-6-8-10-11-12-20-37-24-35(19-13-14-28-22-26(3)15-17-30(28)35)25-43-32-18-16-29(23-31(32)37)36(40,34(39)41-5)27(4)33(38)42-21-9-7-2/h6,15-18,22-23,27,40H,1,7-14,19-21,24-25H2,2-5H3/t27-,35+,36-/m1/s1. The fraction of sp³-hybridized carbons (Fsp3) is 0.556. The molecule has 0 radical (unpaired) electrons. The number of fused-ring (bicyclic) bond motifs is 3. The first-order valence-corrected chi connectivity index (χ1v) is 15.9. The van der Waals surface area contributed by atoms with E-state index in [0.717, 1.165) is 70.1 Å². The van der Waals surface area contributed by atoms with Crippen LogP contribution in [0.5, 0.6) is 5.75 Å². The Morgan fingerprint density at radius 1 is 1.19 bits per heavy atom. The van der Waals surface area contributed by atoms with E-state index in [2.05, 4.69) is 36.6 Å². The van der Waals surface area contributed by atoms with Crippen molar-refractivity contribution in [1.82, 2.24) is 0 Å². The van der Waals surface area contributed by atoms with Gasteiger partial charge in [0.1, 0.15) is 5.75 Å². The average Bonchev–Trinajstić information content (AvgIpc) is 3.16. The number of aryl methyl sites for hydroxylation is 2. The van der Waals surface area contributed by atoms with Gasteiger partial charge in [-0.05, 0) is 87.6 Å². The van der Waals surface area contributed by atoms with Crippen LogP contribution < -0.4 is 9.64 Å². The summed E-state index contributed by atoms with van der Waals surface area (Å²) >= 11 is 0. The molecule has 0 unspecified atom stereocenters. The number of carbonyl (C=O) groups is 2. The zero-order valence-electron chi connectivity index (χ0n) is 26.5. The molecule has 0 aromatic heterocycles. The SMILES string of the molecule is C=CCCCCCN1C[C@@]2(CCCc3cc(C)ccc32)COc2ccc([C@@](O)(C(=O)OC)[C@H](C)C(=O)OCCCC)cc21. The third-order valence-electron chi connectivity index (χ3n) is 9.23. The maximum absolute atomic E-state index is 13.2. The number of esters is 2. The predicted octanol–water partition coefficient (Wildman–Crippen LogP) is 6.55. The molecule has 4 rings (SSSR count). The lowest BCUT2D eigenvalue weighted by Crippen LogP contribution is -2.47.